The number of anilines is 3. The van der Waals surface area contributed by atoms with E-state index < -0.39 is 0 Å². The molecule has 0 unspecified atom stereocenters. The average Bonchev–Trinajstić information content (AvgIpc) is 3.52. The lowest BCUT2D eigenvalue weighted by atomic mass is 10.0. The van der Waals surface area contributed by atoms with E-state index in [4.69, 9.17) is 13.8 Å². The van der Waals surface area contributed by atoms with Crippen molar-refractivity contribution in [1.29, 1.82) is 0 Å². The highest BCUT2D eigenvalue weighted by atomic mass is 16.4. The fourth-order valence-corrected chi connectivity index (χ4v) is 5.48. The molecule has 4 aromatic carbocycles. The lowest BCUT2D eigenvalue weighted by molar-refractivity contribution is 0.626. The van der Waals surface area contributed by atoms with Crippen molar-refractivity contribution in [3.63, 3.8) is 0 Å². The maximum absolute atomic E-state index is 6.44. The summed E-state index contributed by atoms with van der Waals surface area (Å²) in [5, 5.41) is 7.96. The van der Waals surface area contributed by atoms with E-state index in [0.29, 0.717) is 6.54 Å². The fourth-order valence-electron chi connectivity index (χ4n) is 5.48. The number of aromatic nitrogens is 1. The van der Waals surface area contributed by atoms with Gasteiger partial charge < -0.3 is 19.1 Å². The first-order valence-electron chi connectivity index (χ1n) is 12.4. The highest BCUT2D eigenvalue weighted by Crippen LogP contribution is 2.43. The van der Waals surface area contributed by atoms with E-state index in [1.165, 1.54) is 5.39 Å². The first-order chi connectivity index (χ1) is 18.3. The molecule has 7 aromatic rings. The molecule has 0 saturated carbocycles. The zero-order valence-corrected chi connectivity index (χ0v) is 19.8. The first kappa shape index (κ1) is 20.2. The van der Waals surface area contributed by atoms with Crippen molar-refractivity contribution in [2.45, 2.75) is 0 Å². The predicted octanol–water partition coefficient (Wildman–Crippen LogP) is 8.49. The van der Waals surface area contributed by atoms with Gasteiger partial charge in [-0.15, -0.1) is 0 Å². The molecule has 0 atom stereocenters. The number of furan rings is 2. The third kappa shape index (κ3) is 3.01. The summed E-state index contributed by atoms with van der Waals surface area (Å²) in [5.41, 5.74) is 7.49. The number of para-hydroxylation sites is 2. The van der Waals surface area contributed by atoms with Gasteiger partial charge in [0.25, 0.3) is 0 Å². The van der Waals surface area contributed by atoms with Gasteiger partial charge in [0.05, 0.1) is 17.9 Å². The van der Waals surface area contributed by atoms with Crippen LogP contribution in [0.2, 0.25) is 0 Å². The van der Waals surface area contributed by atoms with Crippen LogP contribution in [0.15, 0.2) is 118 Å². The first-order valence-corrected chi connectivity index (χ1v) is 12.4. The Morgan fingerprint density at radius 1 is 0.676 bits per heavy atom. The second-order valence-electron chi connectivity index (χ2n) is 9.27. The van der Waals surface area contributed by atoms with Crippen LogP contribution in [0.1, 0.15) is 5.56 Å². The van der Waals surface area contributed by atoms with Crippen molar-refractivity contribution in [2.24, 2.45) is 0 Å². The summed E-state index contributed by atoms with van der Waals surface area (Å²) in [4.78, 5) is 7.01. The molecule has 0 bridgehead atoms. The van der Waals surface area contributed by atoms with Gasteiger partial charge in [-0.3, -0.25) is 4.98 Å². The van der Waals surface area contributed by atoms with Crippen LogP contribution in [0.25, 0.3) is 49.9 Å². The van der Waals surface area contributed by atoms with Gasteiger partial charge in [-0.2, -0.15) is 0 Å². The highest BCUT2D eigenvalue weighted by Gasteiger charge is 2.26. The summed E-state index contributed by atoms with van der Waals surface area (Å²) in [6, 6.07) is 33.2. The molecule has 0 fully saturated rings. The minimum absolute atomic E-state index is 0.597. The molecular formula is C32H21N3O2. The second kappa shape index (κ2) is 7.73. The van der Waals surface area contributed by atoms with E-state index in [0.717, 1.165) is 66.9 Å². The molecule has 0 aliphatic carbocycles. The molecule has 0 amide bonds. The van der Waals surface area contributed by atoms with Gasteiger partial charge in [0.2, 0.25) is 5.88 Å². The number of benzene rings is 4. The molecule has 8 rings (SSSR count). The molecule has 0 radical (unpaired) electrons. The Morgan fingerprint density at radius 3 is 2.30 bits per heavy atom. The molecule has 3 aromatic heterocycles. The fraction of sp³-hybridized carbons (Fsp3) is 0.0312. The van der Waals surface area contributed by atoms with Crippen LogP contribution < -0.4 is 10.2 Å². The van der Waals surface area contributed by atoms with Crippen molar-refractivity contribution in [3.05, 3.63) is 115 Å². The quantitative estimate of drug-likeness (QED) is 0.275. The van der Waals surface area contributed by atoms with Crippen LogP contribution in [-0.2, 0) is 0 Å². The number of pyridine rings is 1. The van der Waals surface area contributed by atoms with Crippen LogP contribution in [0.5, 0.6) is 0 Å². The summed E-state index contributed by atoms with van der Waals surface area (Å²) >= 11 is 0. The largest absolute Gasteiger partial charge is 0.452 e. The Bertz CT molecular complexity index is 2010. The van der Waals surface area contributed by atoms with Crippen molar-refractivity contribution >= 4 is 67.1 Å². The van der Waals surface area contributed by atoms with Crippen LogP contribution in [0.3, 0.4) is 0 Å². The molecule has 4 heterocycles. The maximum Gasteiger partial charge on any atom is 0.201 e. The molecular weight excluding hydrogens is 458 g/mol. The Labute approximate surface area is 212 Å². The molecule has 1 aliphatic heterocycles. The van der Waals surface area contributed by atoms with E-state index in [-0.39, 0.29) is 0 Å². The van der Waals surface area contributed by atoms with Crippen LogP contribution in [0, 0.1) is 0 Å². The van der Waals surface area contributed by atoms with Gasteiger partial charge in [-0.05, 0) is 41.8 Å². The van der Waals surface area contributed by atoms with Gasteiger partial charge in [-0.25, -0.2) is 0 Å². The molecule has 1 N–H and O–H groups in total. The predicted molar refractivity (Wildman–Crippen MR) is 150 cm³/mol. The zero-order chi connectivity index (χ0) is 24.3. The number of nitrogens with zero attached hydrogens (tertiary/aromatic N) is 2. The minimum Gasteiger partial charge on any atom is -0.452 e. The van der Waals surface area contributed by atoms with Gasteiger partial charge in [0.1, 0.15) is 16.7 Å². The monoisotopic (exact) mass is 479 g/mol. The van der Waals surface area contributed by atoms with Crippen molar-refractivity contribution in [3.8, 4) is 0 Å². The van der Waals surface area contributed by atoms with Crippen molar-refractivity contribution in [2.75, 3.05) is 16.8 Å². The third-order valence-corrected chi connectivity index (χ3v) is 7.15. The Morgan fingerprint density at radius 2 is 1.41 bits per heavy atom. The molecule has 176 valence electrons. The molecule has 5 nitrogen and oxygen atoms in total. The molecule has 0 spiro atoms. The standard InChI is InChI=1S/C32H21N3O2/c1-2-10-22-20(8-1)9-7-13-26(22)35(21-18-25-23-11-3-5-14-28(23)37-32(25)34-19-21)27-16-17-33-30-24-12-4-6-15-29(24)36-31(27)30/h1-18,34H,19H2. The van der Waals surface area contributed by atoms with Crippen LogP contribution in [0.4, 0.5) is 17.3 Å². The summed E-state index contributed by atoms with van der Waals surface area (Å²) in [6.45, 7) is 0.597. The van der Waals surface area contributed by atoms with E-state index in [1.807, 2.05) is 48.7 Å². The summed E-state index contributed by atoms with van der Waals surface area (Å²) in [6.07, 6.45) is 4.10. The number of hydrogen-bond donors (Lipinski definition) is 1. The topological polar surface area (TPSA) is 54.4 Å². The maximum atomic E-state index is 6.44. The number of nitrogens with one attached hydrogen (secondary N) is 1. The summed E-state index contributed by atoms with van der Waals surface area (Å²) in [7, 11) is 0. The highest BCUT2D eigenvalue weighted by molar-refractivity contribution is 6.09. The van der Waals surface area contributed by atoms with Gasteiger partial charge in [0, 0.05) is 33.6 Å². The normalized spacial score (nSPS) is 13.1. The molecule has 1 aliphatic rings. The molecule has 37 heavy (non-hydrogen) atoms. The van der Waals surface area contributed by atoms with E-state index in [1.54, 1.807) is 0 Å². The Hall–Kier alpha value is -5.03. The molecule has 5 heteroatoms. The molecule has 0 saturated heterocycles. The Kier molecular flexibility index (Phi) is 4.22. The van der Waals surface area contributed by atoms with Gasteiger partial charge in [-0.1, -0.05) is 66.7 Å². The van der Waals surface area contributed by atoms with Crippen LogP contribution in [-0.4, -0.2) is 11.5 Å². The van der Waals surface area contributed by atoms with Gasteiger partial charge in [0.15, 0.2) is 5.58 Å². The number of fused-ring (bicyclic) bond motifs is 7. The van der Waals surface area contributed by atoms with E-state index in [9.17, 15) is 0 Å². The smallest absolute Gasteiger partial charge is 0.201 e. The zero-order valence-electron chi connectivity index (χ0n) is 19.8. The third-order valence-electron chi connectivity index (χ3n) is 7.15. The minimum atomic E-state index is 0.597. The average molecular weight is 480 g/mol. The summed E-state index contributed by atoms with van der Waals surface area (Å²) < 4.78 is 12.6. The van der Waals surface area contributed by atoms with E-state index in [2.05, 4.69) is 70.9 Å². The van der Waals surface area contributed by atoms with E-state index >= 15 is 0 Å². The lowest BCUT2D eigenvalue weighted by Crippen LogP contribution is -2.24. The van der Waals surface area contributed by atoms with Crippen molar-refractivity contribution in [1.82, 2.24) is 4.98 Å². The lowest BCUT2D eigenvalue weighted by Gasteiger charge is -2.30. The second-order valence-corrected chi connectivity index (χ2v) is 9.27. The Balaban J connectivity index is 1.44. The van der Waals surface area contributed by atoms with Crippen molar-refractivity contribution < 1.29 is 8.83 Å². The number of rotatable bonds is 3. The SMILES string of the molecule is C1=C(N(c2cccc3ccccc23)c2ccnc3c2oc2ccccc23)CNc2oc3ccccc3c21. The number of hydrogen-bond acceptors (Lipinski definition) is 5. The van der Waals surface area contributed by atoms with Crippen LogP contribution >= 0.6 is 0 Å². The summed E-state index contributed by atoms with van der Waals surface area (Å²) in [5.74, 6) is 0.798. The van der Waals surface area contributed by atoms with Gasteiger partial charge >= 0.3 is 0 Å².